The normalized spacial score (nSPS) is 12.2. The number of nitrogens with zero attached hydrogens (tertiary/aromatic N) is 2. The van der Waals surface area contributed by atoms with Crippen LogP contribution in [0.5, 0.6) is 5.75 Å². The van der Waals surface area contributed by atoms with Crippen molar-refractivity contribution in [3.8, 4) is 5.75 Å². The molecule has 0 radical (unpaired) electrons. The molecule has 0 atom stereocenters. The minimum Gasteiger partial charge on any atom is -0.488 e. The molecule has 2 N–H and O–H groups in total. The third-order valence-corrected chi connectivity index (χ3v) is 4.73. The molecule has 4 rings (SSSR count). The lowest BCUT2D eigenvalue weighted by molar-refractivity contribution is 0.0600. The van der Waals surface area contributed by atoms with Gasteiger partial charge in [0.15, 0.2) is 11.6 Å². The molecule has 1 aromatic heterocycles. The number of amides is 3. The van der Waals surface area contributed by atoms with E-state index in [9.17, 15) is 14.4 Å². The summed E-state index contributed by atoms with van der Waals surface area (Å²) in [4.78, 5) is 43.1. The number of hydrogen-bond donors (Lipinski definition) is 2. The predicted molar refractivity (Wildman–Crippen MR) is 118 cm³/mol. The van der Waals surface area contributed by atoms with E-state index < -0.39 is 11.9 Å². The van der Waals surface area contributed by atoms with Gasteiger partial charge in [0.25, 0.3) is 5.91 Å². The molecule has 0 fully saturated rings. The van der Waals surface area contributed by atoms with E-state index in [4.69, 9.17) is 4.74 Å². The van der Waals surface area contributed by atoms with Gasteiger partial charge in [-0.15, -0.1) is 0 Å². The molecule has 0 unspecified atom stereocenters. The van der Waals surface area contributed by atoms with Crippen LogP contribution in [0, 0.1) is 0 Å². The number of anilines is 3. The molecule has 0 spiro atoms. The van der Waals surface area contributed by atoms with Crippen molar-refractivity contribution in [1.29, 1.82) is 0 Å². The van der Waals surface area contributed by atoms with Crippen molar-refractivity contribution in [2.75, 3.05) is 35.8 Å². The van der Waals surface area contributed by atoms with Gasteiger partial charge in [0.1, 0.15) is 12.4 Å². The highest BCUT2D eigenvalue weighted by atomic mass is 16.5. The molecule has 0 bridgehead atoms. The van der Waals surface area contributed by atoms with Crippen molar-refractivity contribution in [2.24, 2.45) is 0 Å². The summed E-state index contributed by atoms with van der Waals surface area (Å²) in [5, 5.41) is 5.51. The Morgan fingerprint density at radius 3 is 2.53 bits per heavy atom. The molecule has 162 valence electrons. The highest BCUT2D eigenvalue weighted by Gasteiger charge is 2.26. The van der Waals surface area contributed by atoms with E-state index in [0.717, 1.165) is 0 Å². The van der Waals surface area contributed by atoms with Crippen molar-refractivity contribution in [3.05, 3.63) is 77.9 Å². The number of methoxy groups -OCH3 is 1. The standard InChI is InChI=1S/C23H20N4O5/c1-31-22(29)16-7-5-6-15(14-16)21(28)26-19-11-10-18-20(25-19)27(12-13-32-18)23(30)24-17-8-3-2-4-9-17/h2-11,14H,12-13H2,1H3,(H,24,30)(H,25,26,28). The Balaban J connectivity index is 1.54. The fourth-order valence-electron chi connectivity index (χ4n) is 3.17. The minimum atomic E-state index is -0.538. The third-order valence-electron chi connectivity index (χ3n) is 4.73. The van der Waals surface area contributed by atoms with Crippen LogP contribution in [0.15, 0.2) is 66.7 Å². The number of ether oxygens (including phenoxy) is 2. The van der Waals surface area contributed by atoms with Gasteiger partial charge in [-0.25, -0.2) is 14.6 Å². The number of carbonyl (C=O) groups is 3. The highest BCUT2D eigenvalue weighted by Crippen LogP contribution is 2.31. The van der Waals surface area contributed by atoms with Crippen LogP contribution in [0.4, 0.5) is 22.1 Å². The Morgan fingerprint density at radius 2 is 1.75 bits per heavy atom. The maximum absolute atomic E-state index is 12.8. The topological polar surface area (TPSA) is 110 Å². The molecular weight excluding hydrogens is 412 g/mol. The molecule has 9 heteroatoms. The largest absolute Gasteiger partial charge is 0.488 e. The summed E-state index contributed by atoms with van der Waals surface area (Å²) >= 11 is 0. The SMILES string of the molecule is COC(=O)c1cccc(C(=O)Nc2ccc3c(n2)N(C(=O)Nc2ccccc2)CCO3)c1. The van der Waals surface area contributed by atoms with Gasteiger partial charge >= 0.3 is 12.0 Å². The van der Waals surface area contributed by atoms with Crippen LogP contribution < -0.4 is 20.3 Å². The first-order chi connectivity index (χ1) is 15.5. The number of pyridine rings is 1. The molecule has 0 aliphatic carbocycles. The maximum atomic E-state index is 12.8. The van der Waals surface area contributed by atoms with Gasteiger partial charge in [-0.3, -0.25) is 9.69 Å². The van der Waals surface area contributed by atoms with E-state index in [-0.39, 0.29) is 23.0 Å². The number of rotatable bonds is 4. The van der Waals surface area contributed by atoms with E-state index in [0.29, 0.717) is 30.4 Å². The first-order valence-electron chi connectivity index (χ1n) is 9.82. The smallest absolute Gasteiger partial charge is 0.337 e. The molecule has 9 nitrogen and oxygen atoms in total. The van der Waals surface area contributed by atoms with Crippen molar-refractivity contribution in [2.45, 2.75) is 0 Å². The van der Waals surface area contributed by atoms with E-state index in [2.05, 4.69) is 20.4 Å². The minimum absolute atomic E-state index is 0.236. The monoisotopic (exact) mass is 432 g/mol. The van der Waals surface area contributed by atoms with Crippen LogP contribution in [0.1, 0.15) is 20.7 Å². The van der Waals surface area contributed by atoms with Crippen molar-refractivity contribution >= 4 is 35.2 Å². The molecular formula is C23H20N4O5. The number of hydrogen-bond acceptors (Lipinski definition) is 6. The van der Waals surface area contributed by atoms with Gasteiger partial charge in [-0.2, -0.15) is 0 Å². The lowest BCUT2D eigenvalue weighted by Gasteiger charge is -2.28. The number of para-hydroxylation sites is 1. The molecule has 2 aromatic carbocycles. The molecule has 1 aliphatic heterocycles. The van der Waals surface area contributed by atoms with E-state index in [1.165, 1.54) is 18.1 Å². The zero-order valence-corrected chi connectivity index (χ0v) is 17.2. The van der Waals surface area contributed by atoms with Gasteiger partial charge in [-0.1, -0.05) is 24.3 Å². The predicted octanol–water partition coefficient (Wildman–Crippen LogP) is 3.55. The van der Waals surface area contributed by atoms with Crippen molar-refractivity contribution < 1.29 is 23.9 Å². The summed E-state index contributed by atoms with van der Waals surface area (Å²) < 4.78 is 10.3. The fraction of sp³-hybridized carbons (Fsp3) is 0.130. The van der Waals surface area contributed by atoms with Crippen LogP contribution in [0.2, 0.25) is 0 Å². The Kier molecular flexibility index (Phi) is 5.98. The fourth-order valence-corrected chi connectivity index (χ4v) is 3.17. The summed E-state index contributed by atoms with van der Waals surface area (Å²) in [7, 11) is 1.27. The molecule has 0 saturated heterocycles. The number of carbonyl (C=O) groups excluding carboxylic acids is 3. The Labute approximate surface area is 184 Å². The molecule has 2 heterocycles. The summed E-state index contributed by atoms with van der Waals surface area (Å²) in [6, 6.07) is 18.1. The van der Waals surface area contributed by atoms with Crippen LogP contribution >= 0.6 is 0 Å². The van der Waals surface area contributed by atoms with Crippen molar-refractivity contribution in [1.82, 2.24) is 4.98 Å². The van der Waals surface area contributed by atoms with Gasteiger partial charge in [0.2, 0.25) is 0 Å². The summed E-state index contributed by atoms with van der Waals surface area (Å²) in [6.45, 7) is 0.625. The quantitative estimate of drug-likeness (QED) is 0.610. The summed E-state index contributed by atoms with van der Waals surface area (Å²) in [6.07, 6.45) is 0. The number of esters is 1. The number of nitrogens with one attached hydrogen (secondary N) is 2. The molecule has 3 aromatic rings. The second-order valence-electron chi connectivity index (χ2n) is 6.84. The van der Waals surface area contributed by atoms with Crippen LogP contribution in [0.3, 0.4) is 0 Å². The van der Waals surface area contributed by atoms with Crippen LogP contribution in [0.25, 0.3) is 0 Å². The van der Waals surface area contributed by atoms with Gasteiger partial charge in [0, 0.05) is 11.3 Å². The number of aromatic nitrogens is 1. The van der Waals surface area contributed by atoms with Crippen LogP contribution in [-0.2, 0) is 4.74 Å². The second kappa shape index (κ2) is 9.17. The molecule has 0 saturated carbocycles. The van der Waals surface area contributed by atoms with Gasteiger partial charge in [-0.05, 0) is 42.5 Å². The average molecular weight is 432 g/mol. The first-order valence-corrected chi connectivity index (χ1v) is 9.82. The Morgan fingerprint density at radius 1 is 0.969 bits per heavy atom. The van der Waals surface area contributed by atoms with E-state index in [1.54, 1.807) is 42.5 Å². The van der Waals surface area contributed by atoms with E-state index >= 15 is 0 Å². The summed E-state index contributed by atoms with van der Waals surface area (Å²) in [5.74, 6) is -0.0276. The zero-order chi connectivity index (χ0) is 22.5. The zero-order valence-electron chi connectivity index (χ0n) is 17.2. The number of benzene rings is 2. The van der Waals surface area contributed by atoms with Crippen molar-refractivity contribution in [3.63, 3.8) is 0 Å². The highest BCUT2D eigenvalue weighted by molar-refractivity contribution is 6.06. The van der Waals surface area contributed by atoms with Gasteiger partial charge in [0.05, 0.1) is 19.2 Å². The summed E-state index contributed by atoms with van der Waals surface area (Å²) in [5.41, 5.74) is 1.18. The molecule has 32 heavy (non-hydrogen) atoms. The lowest BCUT2D eigenvalue weighted by atomic mass is 10.1. The molecule has 3 amide bonds. The third kappa shape index (κ3) is 4.51. The maximum Gasteiger partial charge on any atom is 0.337 e. The van der Waals surface area contributed by atoms with Gasteiger partial charge < -0.3 is 20.1 Å². The number of urea groups is 1. The van der Waals surface area contributed by atoms with E-state index in [1.807, 2.05) is 18.2 Å². The second-order valence-corrected chi connectivity index (χ2v) is 6.84. The van der Waals surface area contributed by atoms with Crippen LogP contribution in [-0.4, -0.2) is 43.2 Å². The number of fused-ring (bicyclic) bond motifs is 1. The average Bonchev–Trinajstić information content (AvgIpc) is 2.83. The molecule has 1 aliphatic rings. The first kappa shape index (κ1) is 20.9. The Bertz CT molecular complexity index is 1170. The Hall–Kier alpha value is -4.40. The lowest BCUT2D eigenvalue weighted by Crippen LogP contribution is -2.41.